The monoisotopic (exact) mass is 242 g/mol. The van der Waals surface area contributed by atoms with Crippen LogP contribution in [-0.2, 0) is 13.0 Å². The van der Waals surface area contributed by atoms with Gasteiger partial charge in [-0.1, -0.05) is 6.08 Å². The minimum absolute atomic E-state index is 0. The highest BCUT2D eigenvalue weighted by molar-refractivity contribution is 5.94. The number of nitrogens with zero attached hydrogens (tertiary/aromatic N) is 1. The minimum Gasteiger partial charge on any atom is -0.347 e. The lowest BCUT2D eigenvalue weighted by Crippen LogP contribution is -2.28. The second-order valence-corrected chi connectivity index (χ2v) is 3.45. The Labute approximate surface area is 100 Å². The van der Waals surface area contributed by atoms with Gasteiger partial charge in [-0.2, -0.15) is 5.10 Å². The number of hydrogen-bond donors (Lipinski definition) is 3. The van der Waals surface area contributed by atoms with Crippen LogP contribution in [0.25, 0.3) is 0 Å². The largest absolute Gasteiger partial charge is 0.347 e. The zero-order valence-corrected chi connectivity index (χ0v) is 9.69. The highest BCUT2D eigenvalue weighted by Crippen LogP contribution is 2.14. The van der Waals surface area contributed by atoms with Crippen LogP contribution in [0, 0.1) is 0 Å². The quantitative estimate of drug-likeness (QED) is 0.672. The first-order valence-corrected chi connectivity index (χ1v) is 4.99. The van der Waals surface area contributed by atoms with Crippen LogP contribution in [0.1, 0.15) is 21.7 Å². The predicted octanol–water partition coefficient (Wildman–Crippen LogP) is 0.393. The molecule has 2 heterocycles. The summed E-state index contributed by atoms with van der Waals surface area (Å²) in [6, 6.07) is 0. The zero-order chi connectivity index (χ0) is 10.7. The van der Waals surface area contributed by atoms with Gasteiger partial charge in [-0.3, -0.25) is 9.89 Å². The number of amides is 1. The van der Waals surface area contributed by atoms with Crippen molar-refractivity contribution in [2.24, 2.45) is 0 Å². The Hall–Kier alpha value is -1.33. The summed E-state index contributed by atoms with van der Waals surface area (Å²) in [6.07, 6.45) is 2.55. The number of fused-ring (bicyclic) bond motifs is 1. The summed E-state index contributed by atoms with van der Waals surface area (Å²) in [5, 5.41) is 12.9. The maximum absolute atomic E-state index is 11.7. The van der Waals surface area contributed by atoms with Gasteiger partial charge in [0.05, 0.1) is 0 Å². The van der Waals surface area contributed by atoms with E-state index in [4.69, 9.17) is 0 Å². The van der Waals surface area contributed by atoms with Crippen molar-refractivity contribution in [1.29, 1.82) is 0 Å². The van der Waals surface area contributed by atoms with Crippen molar-refractivity contribution in [3.05, 3.63) is 29.6 Å². The average molecular weight is 243 g/mol. The van der Waals surface area contributed by atoms with Crippen LogP contribution < -0.4 is 10.6 Å². The number of hydrogen-bond acceptors (Lipinski definition) is 3. The molecule has 0 radical (unpaired) electrons. The molecule has 0 bridgehead atoms. The molecule has 6 heteroatoms. The van der Waals surface area contributed by atoms with Gasteiger partial charge in [-0.25, -0.2) is 0 Å². The van der Waals surface area contributed by atoms with Crippen molar-refractivity contribution in [2.45, 2.75) is 13.0 Å². The van der Waals surface area contributed by atoms with E-state index < -0.39 is 0 Å². The van der Waals surface area contributed by atoms with E-state index in [-0.39, 0.29) is 18.3 Å². The van der Waals surface area contributed by atoms with Crippen LogP contribution in [0.2, 0.25) is 0 Å². The summed E-state index contributed by atoms with van der Waals surface area (Å²) in [6.45, 7) is 5.66. The molecule has 0 saturated heterocycles. The van der Waals surface area contributed by atoms with Gasteiger partial charge in [0.1, 0.15) is 0 Å². The fraction of sp³-hybridized carbons (Fsp3) is 0.400. The Morgan fingerprint density at radius 2 is 2.44 bits per heavy atom. The van der Waals surface area contributed by atoms with Crippen LogP contribution in [-0.4, -0.2) is 29.2 Å². The zero-order valence-electron chi connectivity index (χ0n) is 8.88. The van der Waals surface area contributed by atoms with E-state index in [1.807, 2.05) is 0 Å². The molecular weight excluding hydrogens is 228 g/mol. The molecule has 2 rings (SSSR count). The second-order valence-electron chi connectivity index (χ2n) is 3.45. The van der Waals surface area contributed by atoms with Gasteiger partial charge < -0.3 is 10.6 Å². The van der Waals surface area contributed by atoms with Crippen LogP contribution in [0.5, 0.6) is 0 Å². The fourth-order valence-electron chi connectivity index (χ4n) is 1.66. The van der Waals surface area contributed by atoms with E-state index in [2.05, 4.69) is 27.4 Å². The van der Waals surface area contributed by atoms with E-state index in [1.54, 1.807) is 6.08 Å². The number of H-pyrrole nitrogens is 1. The molecule has 1 aromatic rings. The Kier molecular flexibility index (Phi) is 4.52. The maximum atomic E-state index is 11.7. The lowest BCUT2D eigenvalue weighted by atomic mass is 10.1. The predicted molar refractivity (Wildman–Crippen MR) is 63.8 cm³/mol. The molecular formula is C10H15ClN4O. The molecule has 88 valence electrons. The molecule has 0 fully saturated rings. The second kappa shape index (κ2) is 5.67. The SMILES string of the molecule is C=CCNC(=O)c1n[nH]c2c1CNCC2.Cl. The molecule has 0 unspecified atom stereocenters. The first kappa shape index (κ1) is 12.7. The molecule has 3 N–H and O–H groups in total. The lowest BCUT2D eigenvalue weighted by molar-refractivity contribution is 0.0952. The third-order valence-electron chi connectivity index (χ3n) is 2.43. The summed E-state index contributed by atoms with van der Waals surface area (Å²) in [5.41, 5.74) is 2.55. The summed E-state index contributed by atoms with van der Waals surface area (Å²) in [4.78, 5) is 11.7. The van der Waals surface area contributed by atoms with E-state index in [1.165, 1.54) is 0 Å². The maximum Gasteiger partial charge on any atom is 0.272 e. The Morgan fingerprint density at radius 1 is 1.62 bits per heavy atom. The van der Waals surface area contributed by atoms with Gasteiger partial charge in [0.15, 0.2) is 5.69 Å². The van der Waals surface area contributed by atoms with Crippen molar-refractivity contribution in [3.8, 4) is 0 Å². The van der Waals surface area contributed by atoms with Crippen LogP contribution in [0.3, 0.4) is 0 Å². The molecule has 1 aromatic heterocycles. The highest BCUT2D eigenvalue weighted by atomic mass is 35.5. The molecule has 16 heavy (non-hydrogen) atoms. The number of halogens is 1. The van der Waals surface area contributed by atoms with Gasteiger partial charge in [-0.15, -0.1) is 19.0 Å². The topological polar surface area (TPSA) is 69.8 Å². The molecule has 0 atom stereocenters. The van der Waals surface area contributed by atoms with Crippen LogP contribution in [0.4, 0.5) is 0 Å². The molecule has 0 saturated carbocycles. The van der Waals surface area contributed by atoms with E-state index in [0.29, 0.717) is 18.8 Å². The molecule has 0 aliphatic carbocycles. The van der Waals surface area contributed by atoms with Crippen molar-refractivity contribution < 1.29 is 4.79 Å². The summed E-state index contributed by atoms with van der Waals surface area (Å²) < 4.78 is 0. The molecule has 1 aliphatic heterocycles. The lowest BCUT2D eigenvalue weighted by Gasteiger charge is -2.12. The molecule has 0 aromatic carbocycles. The van der Waals surface area contributed by atoms with Crippen molar-refractivity contribution in [1.82, 2.24) is 20.8 Å². The van der Waals surface area contributed by atoms with Crippen molar-refractivity contribution >= 4 is 18.3 Å². The first-order valence-electron chi connectivity index (χ1n) is 4.99. The summed E-state index contributed by atoms with van der Waals surface area (Å²) in [5.74, 6) is -0.142. The normalized spacial score (nSPS) is 13.5. The van der Waals surface area contributed by atoms with E-state index >= 15 is 0 Å². The Morgan fingerprint density at radius 3 is 3.19 bits per heavy atom. The van der Waals surface area contributed by atoms with Crippen molar-refractivity contribution in [3.63, 3.8) is 0 Å². The highest BCUT2D eigenvalue weighted by Gasteiger charge is 2.20. The van der Waals surface area contributed by atoms with E-state index in [9.17, 15) is 4.79 Å². The van der Waals surface area contributed by atoms with E-state index in [0.717, 1.165) is 24.2 Å². The smallest absolute Gasteiger partial charge is 0.272 e. The Bertz CT molecular complexity index is 388. The van der Waals surface area contributed by atoms with Gasteiger partial charge >= 0.3 is 0 Å². The number of carbonyl (C=O) groups excluding carboxylic acids is 1. The number of aromatic amines is 1. The third kappa shape index (κ3) is 2.43. The third-order valence-corrected chi connectivity index (χ3v) is 2.43. The summed E-state index contributed by atoms with van der Waals surface area (Å²) in [7, 11) is 0. The first-order chi connectivity index (χ1) is 7.33. The molecule has 0 spiro atoms. The molecule has 1 aliphatic rings. The van der Waals surface area contributed by atoms with Crippen LogP contribution >= 0.6 is 12.4 Å². The standard InChI is InChI=1S/C10H14N4O.ClH/c1-2-4-12-10(15)9-7-6-11-5-3-8(7)13-14-9;/h2,11H,1,3-6H2,(H,12,15)(H,13,14);1H. The summed E-state index contributed by atoms with van der Waals surface area (Å²) >= 11 is 0. The van der Waals surface area contributed by atoms with Gasteiger partial charge in [-0.05, 0) is 0 Å². The van der Waals surface area contributed by atoms with Gasteiger partial charge in [0.25, 0.3) is 5.91 Å². The van der Waals surface area contributed by atoms with Gasteiger partial charge in [0.2, 0.25) is 0 Å². The van der Waals surface area contributed by atoms with Crippen molar-refractivity contribution in [2.75, 3.05) is 13.1 Å². The minimum atomic E-state index is -0.142. The average Bonchev–Trinajstić information content (AvgIpc) is 2.69. The number of carbonyl (C=O) groups is 1. The fourth-order valence-corrected chi connectivity index (χ4v) is 1.66. The van der Waals surface area contributed by atoms with Crippen LogP contribution in [0.15, 0.2) is 12.7 Å². The molecule has 1 amide bonds. The number of aromatic nitrogens is 2. The number of nitrogens with one attached hydrogen (secondary N) is 3. The molecule has 5 nitrogen and oxygen atoms in total. The Balaban J connectivity index is 0.00000128. The van der Waals surface area contributed by atoms with Gasteiger partial charge in [0, 0.05) is 37.3 Å². The number of rotatable bonds is 3.